The van der Waals surface area contributed by atoms with E-state index in [9.17, 15) is 14.0 Å². The molecule has 1 aromatic heterocycles. The molecule has 1 aromatic carbocycles. The van der Waals surface area contributed by atoms with Crippen molar-refractivity contribution in [2.24, 2.45) is 0 Å². The summed E-state index contributed by atoms with van der Waals surface area (Å²) in [4.78, 5) is 22.5. The van der Waals surface area contributed by atoms with Gasteiger partial charge in [0.1, 0.15) is 11.6 Å². The Balaban J connectivity index is 1.96. The van der Waals surface area contributed by atoms with E-state index in [1.54, 1.807) is 18.3 Å². The molecule has 110 valence electrons. The Bertz CT molecular complexity index is 652. The largest absolute Gasteiger partial charge is 0.461 e. The fourth-order valence-corrected chi connectivity index (χ4v) is 1.76. The first kappa shape index (κ1) is 14.9. The van der Waals surface area contributed by atoms with Crippen LogP contribution < -0.4 is 0 Å². The standard InChI is InChI=1S/C15H15FN2O3/c1-11(19)4-3-9-21-15(20)14-7-8-18(17-14)13-6-2-5-12(16)10-13/h2,5-8,10H,3-4,9H2,1H3. The normalized spacial score (nSPS) is 10.4. The maximum atomic E-state index is 13.1. The summed E-state index contributed by atoms with van der Waals surface area (Å²) in [5.41, 5.74) is 0.660. The summed E-state index contributed by atoms with van der Waals surface area (Å²) in [6.45, 7) is 1.66. The second kappa shape index (κ2) is 6.78. The van der Waals surface area contributed by atoms with Gasteiger partial charge in [-0.25, -0.2) is 13.9 Å². The summed E-state index contributed by atoms with van der Waals surface area (Å²) in [5, 5.41) is 4.04. The Labute approximate surface area is 121 Å². The maximum absolute atomic E-state index is 13.1. The number of hydrogen-bond donors (Lipinski definition) is 0. The Morgan fingerprint density at radius 3 is 2.86 bits per heavy atom. The molecule has 5 nitrogen and oxygen atoms in total. The zero-order valence-electron chi connectivity index (χ0n) is 11.6. The lowest BCUT2D eigenvalue weighted by Crippen LogP contribution is -2.09. The number of esters is 1. The van der Waals surface area contributed by atoms with E-state index in [4.69, 9.17) is 4.74 Å². The van der Waals surface area contributed by atoms with Crippen molar-refractivity contribution in [3.63, 3.8) is 0 Å². The van der Waals surface area contributed by atoms with Gasteiger partial charge < -0.3 is 9.53 Å². The average molecular weight is 290 g/mol. The van der Waals surface area contributed by atoms with Gasteiger partial charge in [-0.15, -0.1) is 0 Å². The SMILES string of the molecule is CC(=O)CCCOC(=O)c1ccn(-c2cccc(F)c2)n1. The molecule has 21 heavy (non-hydrogen) atoms. The van der Waals surface area contributed by atoms with Crippen molar-refractivity contribution in [3.05, 3.63) is 48.0 Å². The first-order valence-electron chi connectivity index (χ1n) is 6.54. The van der Waals surface area contributed by atoms with Crippen molar-refractivity contribution in [1.82, 2.24) is 9.78 Å². The van der Waals surface area contributed by atoms with Crippen molar-refractivity contribution in [3.8, 4) is 5.69 Å². The lowest BCUT2D eigenvalue weighted by molar-refractivity contribution is -0.117. The third-order valence-corrected chi connectivity index (χ3v) is 2.78. The molecule has 2 aromatic rings. The van der Waals surface area contributed by atoms with Crippen LogP contribution in [0.5, 0.6) is 0 Å². The number of rotatable bonds is 6. The molecule has 0 spiro atoms. The molecule has 6 heteroatoms. The topological polar surface area (TPSA) is 61.2 Å². The lowest BCUT2D eigenvalue weighted by atomic mass is 10.2. The third-order valence-electron chi connectivity index (χ3n) is 2.78. The number of carbonyl (C=O) groups is 2. The molecule has 0 saturated heterocycles. The van der Waals surface area contributed by atoms with Crippen LogP contribution in [0.1, 0.15) is 30.3 Å². The second-order valence-electron chi connectivity index (χ2n) is 4.57. The predicted molar refractivity (Wildman–Crippen MR) is 73.7 cm³/mol. The zero-order valence-corrected chi connectivity index (χ0v) is 11.6. The third kappa shape index (κ3) is 4.24. The number of ether oxygens (including phenoxy) is 1. The van der Waals surface area contributed by atoms with Gasteiger partial charge in [0.25, 0.3) is 0 Å². The summed E-state index contributed by atoms with van der Waals surface area (Å²) in [6.07, 6.45) is 2.43. The molecular weight excluding hydrogens is 275 g/mol. The van der Waals surface area contributed by atoms with Crippen LogP contribution >= 0.6 is 0 Å². The molecule has 0 radical (unpaired) electrons. The van der Waals surface area contributed by atoms with E-state index in [1.807, 2.05) is 0 Å². The van der Waals surface area contributed by atoms with Gasteiger partial charge in [0.05, 0.1) is 12.3 Å². The van der Waals surface area contributed by atoms with Gasteiger partial charge in [-0.3, -0.25) is 0 Å². The molecule has 0 aliphatic heterocycles. The van der Waals surface area contributed by atoms with Crippen molar-refractivity contribution in [1.29, 1.82) is 0 Å². The van der Waals surface area contributed by atoms with E-state index in [0.29, 0.717) is 18.5 Å². The number of aromatic nitrogens is 2. The summed E-state index contributed by atoms with van der Waals surface area (Å²) >= 11 is 0. The van der Waals surface area contributed by atoms with Crippen LogP contribution in [0.4, 0.5) is 4.39 Å². The minimum absolute atomic E-state index is 0.0569. The van der Waals surface area contributed by atoms with Crippen LogP contribution in [0, 0.1) is 5.82 Å². The molecule has 0 atom stereocenters. The van der Waals surface area contributed by atoms with Crippen LogP contribution in [-0.4, -0.2) is 28.1 Å². The van der Waals surface area contributed by atoms with E-state index < -0.39 is 5.97 Å². The average Bonchev–Trinajstić information content (AvgIpc) is 2.93. The lowest BCUT2D eigenvalue weighted by Gasteiger charge is -2.02. The number of benzene rings is 1. The molecule has 0 fully saturated rings. The van der Waals surface area contributed by atoms with Crippen LogP contribution in [-0.2, 0) is 9.53 Å². The van der Waals surface area contributed by atoms with Gasteiger partial charge in [-0.2, -0.15) is 5.10 Å². The molecule has 0 bridgehead atoms. The Hall–Kier alpha value is -2.50. The van der Waals surface area contributed by atoms with E-state index in [0.717, 1.165) is 0 Å². The van der Waals surface area contributed by atoms with Gasteiger partial charge in [-0.05, 0) is 37.6 Å². The van der Waals surface area contributed by atoms with Crippen molar-refractivity contribution in [2.75, 3.05) is 6.61 Å². The Kier molecular flexibility index (Phi) is 4.81. The Morgan fingerprint density at radius 1 is 1.33 bits per heavy atom. The van der Waals surface area contributed by atoms with Crippen molar-refractivity contribution < 1.29 is 18.7 Å². The highest BCUT2D eigenvalue weighted by molar-refractivity contribution is 5.87. The van der Waals surface area contributed by atoms with Crippen LogP contribution in [0.15, 0.2) is 36.5 Å². The van der Waals surface area contributed by atoms with Crippen LogP contribution in [0.25, 0.3) is 5.69 Å². The first-order chi connectivity index (χ1) is 10.1. The van der Waals surface area contributed by atoms with E-state index in [1.165, 1.54) is 29.8 Å². The van der Waals surface area contributed by atoms with Gasteiger partial charge in [0, 0.05) is 12.6 Å². The first-order valence-corrected chi connectivity index (χ1v) is 6.54. The molecule has 2 rings (SSSR count). The van der Waals surface area contributed by atoms with Gasteiger partial charge in [0.15, 0.2) is 5.69 Å². The van der Waals surface area contributed by atoms with Crippen LogP contribution in [0.3, 0.4) is 0 Å². The quantitative estimate of drug-likeness (QED) is 0.606. The highest BCUT2D eigenvalue weighted by Crippen LogP contribution is 2.10. The summed E-state index contributed by atoms with van der Waals surface area (Å²) < 4.78 is 19.5. The number of ketones is 1. The highest BCUT2D eigenvalue weighted by Gasteiger charge is 2.11. The van der Waals surface area contributed by atoms with Gasteiger partial charge in [0.2, 0.25) is 0 Å². The minimum Gasteiger partial charge on any atom is -0.461 e. The number of nitrogens with zero attached hydrogens (tertiary/aromatic N) is 2. The van der Waals surface area contributed by atoms with Gasteiger partial charge >= 0.3 is 5.97 Å². The monoisotopic (exact) mass is 290 g/mol. The van der Waals surface area contributed by atoms with E-state index >= 15 is 0 Å². The van der Waals surface area contributed by atoms with Crippen molar-refractivity contribution >= 4 is 11.8 Å². The molecule has 0 saturated carbocycles. The molecule has 0 aliphatic carbocycles. The molecule has 0 aliphatic rings. The molecule has 0 amide bonds. The summed E-state index contributed by atoms with van der Waals surface area (Å²) in [6, 6.07) is 7.38. The summed E-state index contributed by atoms with van der Waals surface area (Å²) in [7, 11) is 0. The van der Waals surface area contributed by atoms with Gasteiger partial charge in [-0.1, -0.05) is 6.07 Å². The Morgan fingerprint density at radius 2 is 2.14 bits per heavy atom. The molecule has 0 unspecified atom stereocenters. The zero-order chi connectivity index (χ0) is 15.2. The molecule has 0 N–H and O–H groups in total. The van der Waals surface area contributed by atoms with E-state index in [2.05, 4.69) is 5.10 Å². The van der Waals surface area contributed by atoms with Crippen molar-refractivity contribution in [2.45, 2.75) is 19.8 Å². The molecular formula is C15H15FN2O3. The smallest absolute Gasteiger partial charge is 0.358 e. The fraction of sp³-hybridized carbons (Fsp3) is 0.267. The van der Waals surface area contributed by atoms with Crippen LogP contribution in [0.2, 0.25) is 0 Å². The minimum atomic E-state index is -0.561. The predicted octanol–water partition coefficient (Wildman–Crippen LogP) is 2.54. The molecule has 1 heterocycles. The highest BCUT2D eigenvalue weighted by atomic mass is 19.1. The second-order valence-corrected chi connectivity index (χ2v) is 4.57. The number of Topliss-reactive ketones (excluding diaryl/α,β-unsaturated/α-hetero) is 1. The summed E-state index contributed by atoms with van der Waals surface area (Å²) in [5.74, 6) is -0.883. The fourth-order valence-electron chi connectivity index (χ4n) is 1.76. The number of halogens is 1. The number of hydrogen-bond acceptors (Lipinski definition) is 4. The maximum Gasteiger partial charge on any atom is 0.358 e. The van der Waals surface area contributed by atoms with E-state index in [-0.39, 0.29) is 23.9 Å². The number of carbonyl (C=O) groups excluding carboxylic acids is 2.